The van der Waals surface area contributed by atoms with Crippen molar-refractivity contribution < 1.29 is 27.8 Å². The molecule has 0 spiro atoms. The van der Waals surface area contributed by atoms with E-state index in [9.17, 15) is 27.8 Å². The first-order valence-electron chi connectivity index (χ1n) is 13.0. The molecule has 1 atom stereocenters. The first-order valence-corrected chi connectivity index (χ1v) is 14.4. The van der Waals surface area contributed by atoms with E-state index in [1.807, 2.05) is 0 Å². The highest BCUT2D eigenvalue weighted by molar-refractivity contribution is 7.89. The standard InChI is InChI=1S/C30H35FN2O5S/c1-30(2,17-20-14-21-8-4-5-9-22(21)15-20)32-18-24(34)19-33(3)39(37,38)25-11-6-10-23(16-25)26-12-7-13-27(28(26)31)29(35)36/h4-13,16,20,24,32,34H,14-15,17-19H2,1-3H3,(H,35,36). The van der Waals surface area contributed by atoms with Crippen molar-refractivity contribution in [3.8, 4) is 11.1 Å². The molecule has 9 heteroatoms. The number of aliphatic hydroxyl groups is 1. The smallest absolute Gasteiger partial charge is 0.338 e. The molecule has 3 aromatic carbocycles. The Balaban J connectivity index is 1.37. The number of rotatable bonds is 11. The van der Waals surface area contributed by atoms with Crippen molar-refractivity contribution in [2.45, 2.75) is 49.6 Å². The number of aromatic carboxylic acids is 1. The van der Waals surface area contributed by atoms with Gasteiger partial charge in [0.25, 0.3) is 0 Å². The van der Waals surface area contributed by atoms with Crippen molar-refractivity contribution in [2.24, 2.45) is 5.92 Å². The number of likely N-dealkylation sites (N-methyl/N-ethyl adjacent to an activating group) is 1. The first kappa shape index (κ1) is 28.9. The van der Waals surface area contributed by atoms with Gasteiger partial charge in [-0.3, -0.25) is 0 Å². The number of nitrogens with zero attached hydrogens (tertiary/aromatic N) is 1. The summed E-state index contributed by atoms with van der Waals surface area (Å²) < 4.78 is 42.4. The molecule has 0 amide bonds. The van der Waals surface area contributed by atoms with Gasteiger partial charge in [-0.2, -0.15) is 4.31 Å². The summed E-state index contributed by atoms with van der Waals surface area (Å²) in [5.74, 6) is -1.83. The predicted octanol–water partition coefficient (Wildman–Crippen LogP) is 4.35. The van der Waals surface area contributed by atoms with E-state index in [2.05, 4.69) is 43.4 Å². The maximum Gasteiger partial charge on any atom is 0.338 e. The fourth-order valence-electron chi connectivity index (χ4n) is 5.37. The summed E-state index contributed by atoms with van der Waals surface area (Å²) >= 11 is 0. The normalized spacial score (nSPS) is 14.9. The number of sulfonamides is 1. The van der Waals surface area contributed by atoms with Crippen molar-refractivity contribution in [3.05, 3.63) is 89.2 Å². The summed E-state index contributed by atoms with van der Waals surface area (Å²) in [7, 11) is -2.61. The molecular weight excluding hydrogens is 519 g/mol. The molecule has 0 heterocycles. The molecule has 0 aromatic heterocycles. The van der Waals surface area contributed by atoms with E-state index in [1.165, 1.54) is 54.6 Å². The van der Waals surface area contributed by atoms with Crippen LogP contribution in [0.4, 0.5) is 4.39 Å². The Morgan fingerprint density at radius 3 is 2.36 bits per heavy atom. The number of carboxylic acids is 1. The molecular formula is C30H35FN2O5S. The average Bonchev–Trinajstić information content (AvgIpc) is 3.29. The predicted molar refractivity (Wildman–Crippen MR) is 149 cm³/mol. The number of aliphatic hydroxyl groups excluding tert-OH is 1. The largest absolute Gasteiger partial charge is 0.478 e. The summed E-state index contributed by atoms with van der Waals surface area (Å²) in [5.41, 5.74) is 2.29. The molecule has 0 radical (unpaired) electrons. The minimum absolute atomic E-state index is 0.00794. The summed E-state index contributed by atoms with van der Waals surface area (Å²) in [6, 6.07) is 18.1. The van der Waals surface area contributed by atoms with Gasteiger partial charge in [-0.05, 0) is 73.9 Å². The molecule has 208 valence electrons. The number of carbonyl (C=O) groups is 1. The second-order valence-electron chi connectivity index (χ2n) is 11.0. The van der Waals surface area contributed by atoms with Crippen molar-refractivity contribution in [1.29, 1.82) is 0 Å². The molecule has 0 bridgehead atoms. The van der Waals surface area contributed by atoms with E-state index in [4.69, 9.17) is 0 Å². The lowest BCUT2D eigenvalue weighted by Crippen LogP contribution is -2.47. The maximum atomic E-state index is 14.8. The zero-order chi connectivity index (χ0) is 28.4. The Labute approximate surface area is 229 Å². The van der Waals surface area contributed by atoms with Gasteiger partial charge < -0.3 is 15.5 Å². The highest BCUT2D eigenvalue weighted by atomic mass is 32.2. The first-order chi connectivity index (χ1) is 18.4. The van der Waals surface area contributed by atoms with Crippen LogP contribution in [-0.4, -0.2) is 60.7 Å². The number of β-amino-alcohol motifs (C(OH)–C–C–N with tert-alkyl or cyclic N) is 1. The third-order valence-corrected chi connectivity index (χ3v) is 9.12. The lowest BCUT2D eigenvalue weighted by Gasteiger charge is -2.31. The Morgan fingerprint density at radius 2 is 1.72 bits per heavy atom. The molecule has 1 aliphatic rings. The number of benzene rings is 3. The minimum atomic E-state index is -4.00. The number of hydrogen-bond donors (Lipinski definition) is 3. The molecule has 0 saturated carbocycles. The highest BCUT2D eigenvalue weighted by Crippen LogP contribution is 2.32. The summed E-state index contributed by atoms with van der Waals surface area (Å²) in [6.45, 7) is 4.27. The molecule has 39 heavy (non-hydrogen) atoms. The van der Waals surface area contributed by atoms with Crippen molar-refractivity contribution in [3.63, 3.8) is 0 Å². The Bertz CT molecular complexity index is 1430. The zero-order valence-corrected chi connectivity index (χ0v) is 23.2. The van der Waals surface area contributed by atoms with Gasteiger partial charge in [-0.25, -0.2) is 17.6 Å². The van der Waals surface area contributed by atoms with Crippen LogP contribution in [0.25, 0.3) is 11.1 Å². The van der Waals surface area contributed by atoms with Gasteiger partial charge in [-0.15, -0.1) is 0 Å². The lowest BCUT2D eigenvalue weighted by molar-refractivity contribution is 0.0692. The summed E-state index contributed by atoms with van der Waals surface area (Å²) in [4.78, 5) is 11.2. The molecule has 0 saturated heterocycles. The van der Waals surface area contributed by atoms with Gasteiger partial charge in [0.1, 0.15) is 5.82 Å². The van der Waals surface area contributed by atoms with Crippen LogP contribution < -0.4 is 5.32 Å². The van der Waals surface area contributed by atoms with Crippen LogP contribution in [0.15, 0.2) is 71.6 Å². The maximum absolute atomic E-state index is 14.8. The highest BCUT2D eigenvalue weighted by Gasteiger charge is 2.29. The molecule has 0 fully saturated rings. The van der Waals surface area contributed by atoms with E-state index in [1.54, 1.807) is 0 Å². The number of fused-ring (bicyclic) bond motifs is 1. The number of nitrogens with one attached hydrogen (secondary N) is 1. The van der Waals surface area contributed by atoms with E-state index in [0.29, 0.717) is 5.92 Å². The van der Waals surface area contributed by atoms with Crippen LogP contribution in [0.1, 0.15) is 41.8 Å². The Kier molecular flexibility index (Phi) is 8.56. The number of carboxylic acid groups (broad SMARTS) is 1. The number of halogens is 1. The molecule has 0 aliphatic heterocycles. The molecule has 7 nitrogen and oxygen atoms in total. The molecule has 1 unspecified atom stereocenters. The molecule has 3 aromatic rings. The van der Waals surface area contributed by atoms with Gasteiger partial charge in [-0.1, -0.05) is 48.5 Å². The van der Waals surface area contributed by atoms with Crippen molar-refractivity contribution in [1.82, 2.24) is 9.62 Å². The van der Waals surface area contributed by atoms with Crippen LogP contribution in [-0.2, 0) is 22.9 Å². The fourth-order valence-corrected chi connectivity index (χ4v) is 6.62. The number of hydrogen-bond acceptors (Lipinski definition) is 5. The summed E-state index contributed by atoms with van der Waals surface area (Å²) in [6.07, 6.45) is 2.05. The van der Waals surface area contributed by atoms with E-state index >= 15 is 0 Å². The SMILES string of the molecule is CN(CC(O)CNC(C)(C)CC1Cc2ccccc2C1)S(=O)(=O)c1cccc(-c2cccc(C(=O)O)c2F)c1. The van der Waals surface area contributed by atoms with Gasteiger partial charge in [0.2, 0.25) is 10.0 Å². The van der Waals surface area contributed by atoms with Gasteiger partial charge in [0, 0.05) is 31.2 Å². The second kappa shape index (κ2) is 11.6. The van der Waals surface area contributed by atoms with Crippen LogP contribution >= 0.6 is 0 Å². The van der Waals surface area contributed by atoms with Gasteiger partial charge in [0.15, 0.2) is 0 Å². The summed E-state index contributed by atoms with van der Waals surface area (Å²) in [5, 5.41) is 23.3. The van der Waals surface area contributed by atoms with Crippen LogP contribution in [0.2, 0.25) is 0 Å². The van der Waals surface area contributed by atoms with E-state index < -0.39 is 33.5 Å². The Morgan fingerprint density at radius 1 is 1.08 bits per heavy atom. The minimum Gasteiger partial charge on any atom is -0.478 e. The van der Waals surface area contributed by atoms with Gasteiger partial charge >= 0.3 is 5.97 Å². The second-order valence-corrected chi connectivity index (χ2v) is 13.0. The molecule has 3 N–H and O–H groups in total. The third kappa shape index (κ3) is 6.73. The lowest BCUT2D eigenvalue weighted by atomic mass is 9.88. The molecule has 4 rings (SSSR count). The van der Waals surface area contributed by atoms with Gasteiger partial charge in [0.05, 0.1) is 16.6 Å². The monoisotopic (exact) mass is 554 g/mol. The van der Waals surface area contributed by atoms with E-state index in [-0.39, 0.29) is 34.7 Å². The zero-order valence-electron chi connectivity index (χ0n) is 22.4. The fraction of sp³-hybridized carbons (Fsp3) is 0.367. The van der Waals surface area contributed by atoms with Crippen molar-refractivity contribution in [2.75, 3.05) is 20.1 Å². The third-order valence-electron chi connectivity index (χ3n) is 7.30. The topological polar surface area (TPSA) is 107 Å². The average molecular weight is 555 g/mol. The van der Waals surface area contributed by atoms with Crippen LogP contribution in [0, 0.1) is 11.7 Å². The van der Waals surface area contributed by atoms with Crippen LogP contribution in [0.5, 0.6) is 0 Å². The Hall–Kier alpha value is -3.11. The molecule has 1 aliphatic carbocycles. The quantitative estimate of drug-likeness (QED) is 0.326. The van der Waals surface area contributed by atoms with Crippen molar-refractivity contribution >= 4 is 16.0 Å². The van der Waals surface area contributed by atoms with Crippen LogP contribution in [0.3, 0.4) is 0 Å². The van der Waals surface area contributed by atoms with E-state index in [0.717, 1.165) is 29.6 Å².